The molecule has 0 atom stereocenters. The first-order chi connectivity index (χ1) is 14.1. The summed E-state index contributed by atoms with van der Waals surface area (Å²) in [5.74, 6) is 1.03. The normalized spacial score (nSPS) is 17.9. The van der Waals surface area contributed by atoms with E-state index in [9.17, 15) is 14.9 Å². The molecule has 1 amide bonds. The number of non-ortho nitro benzene ring substituents is 1. The lowest BCUT2D eigenvalue weighted by Gasteiger charge is -2.34. The Hall–Kier alpha value is -2.78. The molecule has 1 saturated carbocycles. The summed E-state index contributed by atoms with van der Waals surface area (Å²) in [7, 11) is 0. The van der Waals surface area contributed by atoms with Crippen LogP contribution in [0.5, 0.6) is 0 Å². The van der Waals surface area contributed by atoms with Gasteiger partial charge in [-0.15, -0.1) is 0 Å². The summed E-state index contributed by atoms with van der Waals surface area (Å²) in [5, 5.41) is 13.6. The second kappa shape index (κ2) is 8.71. The van der Waals surface area contributed by atoms with E-state index in [1.807, 2.05) is 12.1 Å². The molecular formula is C20H25N5O4. The summed E-state index contributed by atoms with van der Waals surface area (Å²) < 4.78 is 5.48. The van der Waals surface area contributed by atoms with Gasteiger partial charge in [-0.2, -0.15) is 0 Å². The molecule has 2 fully saturated rings. The zero-order chi connectivity index (χ0) is 20.2. The van der Waals surface area contributed by atoms with E-state index in [1.165, 1.54) is 19.1 Å². The van der Waals surface area contributed by atoms with Crippen LogP contribution in [0, 0.1) is 16.0 Å². The molecule has 1 aromatic heterocycles. The average molecular weight is 399 g/mol. The number of nitrogens with zero attached hydrogens (tertiary/aromatic N) is 4. The molecule has 1 aliphatic carbocycles. The van der Waals surface area contributed by atoms with E-state index in [0.717, 1.165) is 44.8 Å². The van der Waals surface area contributed by atoms with Crippen LogP contribution < -0.4 is 5.32 Å². The van der Waals surface area contributed by atoms with Crippen LogP contribution >= 0.6 is 0 Å². The van der Waals surface area contributed by atoms with Crippen molar-refractivity contribution in [2.45, 2.75) is 25.9 Å². The second-order valence-corrected chi connectivity index (χ2v) is 7.76. The summed E-state index contributed by atoms with van der Waals surface area (Å²) in [6, 6.07) is 6.72. The van der Waals surface area contributed by atoms with E-state index in [-0.39, 0.29) is 16.5 Å². The third kappa shape index (κ3) is 5.39. The Morgan fingerprint density at radius 1 is 1.14 bits per heavy atom. The first kappa shape index (κ1) is 19.5. The van der Waals surface area contributed by atoms with Crippen LogP contribution in [0.3, 0.4) is 0 Å². The minimum atomic E-state index is -0.382. The monoisotopic (exact) mass is 399 g/mol. The molecule has 2 aromatic rings. The zero-order valence-corrected chi connectivity index (χ0v) is 16.2. The predicted octanol–water partition coefficient (Wildman–Crippen LogP) is 2.04. The van der Waals surface area contributed by atoms with Crippen LogP contribution in [0.1, 0.15) is 34.8 Å². The van der Waals surface area contributed by atoms with Crippen molar-refractivity contribution in [2.24, 2.45) is 5.92 Å². The minimum absolute atomic E-state index is 0.116. The number of hydrogen-bond acceptors (Lipinski definition) is 7. The molecule has 1 N–H and O–H groups in total. The van der Waals surface area contributed by atoms with Crippen molar-refractivity contribution >= 4 is 11.6 Å². The van der Waals surface area contributed by atoms with Crippen LogP contribution in [0.15, 0.2) is 34.9 Å². The van der Waals surface area contributed by atoms with Gasteiger partial charge in [0.15, 0.2) is 5.69 Å². The molecule has 9 nitrogen and oxygen atoms in total. The second-order valence-electron chi connectivity index (χ2n) is 7.76. The van der Waals surface area contributed by atoms with Gasteiger partial charge in [0.05, 0.1) is 11.5 Å². The maximum Gasteiger partial charge on any atom is 0.273 e. The number of amides is 1. The summed E-state index contributed by atoms with van der Waals surface area (Å²) in [4.78, 5) is 31.3. The number of nitrogens with one attached hydrogen (secondary N) is 1. The Bertz CT molecular complexity index is 854. The lowest BCUT2D eigenvalue weighted by molar-refractivity contribution is -0.384. The van der Waals surface area contributed by atoms with Gasteiger partial charge in [-0.05, 0) is 24.3 Å². The largest absolute Gasteiger partial charge is 0.447 e. The number of benzene rings is 1. The lowest BCUT2D eigenvalue weighted by Crippen LogP contribution is -2.45. The van der Waals surface area contributed by atoms with Gasteiger partial charge in [-0.1, -0.05) is 12.1 Å². The van der Waals surface area contributed by atoms with Crippen molar-refractivity contribution < 1.29 is 14.1 Å². The number of hydrogen-bond donors (Lipinski definition) is 1. The van der Waals surface area contributed by atoms with Crippen molar-refractivity contribution in [1.82, 2.24) is 20.1 Å². The first-order valence-corrected chi connectivity index (χ1v) is 9.97. The number of nitro groups is 1. The van der Waals surface area contributed by atoms with Crippen LogP contribution in [-0.2, 0) is 13.1 Å². The summed E-state index contributed by atoms with van der Waals surface area (Å²) in [5.41, 5.74) is 1.53. The molecule has 0 spiro atoms. The highest BCUT2D eigenvalue weighted by molar-refractivity contribution is 5.91. The van der Waals surface area contributed by atoms with E-state index < -0.39 is 0 Å². The molecule has 29 heavy (non-hydrogen) atoms. The van der Waals surface area contributed by atoms with Gasteiger partial charge in [0, 0.05) is 51.4 Å². The van der Waals surface area contributed by atoms with E-state index in [2.05, 4.69) is 20.1 Å². The fraction of sp³-hybridized carbons (Fsp3) is 0.500. The Morgan fingerprint density at radius 3 is 2.41 bits per heavy atom. The molecule has 1 aliphatic heterocycles. The summed E-state index contributed by atoms with van der Waals surface area (Å²) in [6.07, 6.45) is 3.82. The minimum Gasteiger partial charge on any atom is -0.447 e. The van der Waals surface area contributed by atoms with Gasteiger partial charge < -0.3 is 9.73 Å². The van der Waals surface area contributed by atoms with Crippen molar-refractivity contribution in [1.29, 1.82) is 0 Å². The summed E-state index contributed by atoms with van der Waals surface area (Å²) in [6.45, 7) is 5.62. The average Bonchev–Trinajstić information content (AvgIpc) is 3.44. The molecule has 2 aliphatic rings. The molecule has 9 heteroatoms. The Kier molecular flexibility index (Phi) is 5.86. The Balaban J connectivity index is 1.21. The zero-order valence-electron chi connectivity index (χ0n) is 16.2. The number of rotatable bonds is 8. The van der Waals surface area contributed by atoms with E-state index in [1.54, 1.807) is 12.1 Å². The number of piperazine rings is 1. The van der Waals surface area contributed by atoms with E-state index in [0.29, 0.717) is 24.0 Å². The van der Waals surface area contributed by atoms with Gasteiger partial charge in [0.2, 0.25) is 5.89 Å². The molecular weight excluding hydrogens is 374 g/mol. The molecule has 0 bridgehead atoms. The number of carbonyl (C=O) groups is 1. The fourth-order valence-electron chi connectivity index (χ4n) is 3.42. The van der Waals surface area contributed by atoms with Crippen LogP contribution in [0.4, 0.5) is 5.69 Å². The predicted molar refractivity (Wildman–Crippen MR) is 105 cm³/mol. The maximum absolute atomic E-state index is 12.1. The Morgan fingerprint density at radius 2 is 1.79 bits per heavy atom. The fourth-order valence-corrected chi connectivity index (χ4v) is 3.42. The third-order valence-electron chi connectivity index (χ3n) is 5.41. The molecule has 1 aromatic carbocycles. The summed E-state index contributed by atoms with van der Waals surface area (Å²) >= 11 is 0. The van der Waals surface area contributed by atoms with E-state index >= 15 is 0 Å². The molecule has 4 rings (SSSR count). The quantitative estimate of drug-likeness (QED) is 0.535. The number of nitro benzene ring substituents is 1. The van der Waals surface area contributed by atoms with E-state index in [4.69, 9.17) is 4.42 Å². The Labute approximate surface area is 168 Å². The molecule has 154 valence electrons. The first-order valence-electron chi connectivity index (χ1n) is 9.97. The van der Waals surface area contributed by atoms with Crippen molar-refractivity contribution in [3.63, 3.8) is 0 Å². The molecule has 0 radical (unpaired) electrons. The van der Waals surface area contributed by atoms with Crippen LogP contribution in [-0.4, -0.2) is 58.3 Å². The smallest absolute Gasteiger partial charge is 0.273 e. The van der Waals surface area contributed by atoms with Crippen molar-refractivity contribution in [3.8, 4) is 0 Å². The van der Waals surface area contributed by atoms with Gasteiger partial charge >= 0.3 is 0 Å². The highest BCUT2D eigenvalue weighted by Gasteiger charge is 2.23. The third-order valence-corrected chi connectivity index (χ3v) is 5.41. The van der Waals surface area contributed by atoms with Gasteiger partial charge in [-0.3, -0.25) is 24.7 Å². The standard InChI is InChI=1S/C20H25N5O4/c26-20(21-11-15-1-2-15)18-14-29-19(22-18)13-24-9-7-23(8-10-24)12-16-3-5-17(6-4-16)25(27)28/h3-6,14-15H,1-2,7-13H2,(H,21,26). The van der Waals surface area contributed by atoms with Gasteiger partial charge in [-0.25, -0.2) is 4.98 Å². The molecule has 0 unspecified atom stereocenters. The van der Waals surface area contributed by atoms with Crippen molar-refractivity contribution in [2.75, 3.05) is 32.7 Å². The van der Waals surface area contributed by atoms with Gasteiger partial charge in [0.25, 0.3) is 11.6 Å². The van der Waals surface area contributed by atoms with Crippen LogP contribution in [0.25, 0.3) is 0 Å². The van der Waals surface area contributed by atoms with Crippen molar-refractivity contribution in [3.05, 3.63) is 57.8 Å². The molecule has 1 saturated heterocycles. The highest BCUT2D eigenvalue weighted by atomic mass is 16.6. The number of oxazole rings is 1. The number of carbonyl (C=O) groups excluding carboxylic acids is 1. The highest BCUT2D eigenvalue weighted by Crippen LogP contribution is 2.27. The van der Waals surface area contributed by atoms with Gasteiger partial charge in [0.1, 0.15) is 6.26 Å². The van der Waals surface area contributed by atoms with Crippen LogP contribution in [0.2, 0.25) is 0 Å². The topological polar surface area (TPSA) is 105 Å². The SMILES string of the molecule is O=C(NCC1CC1)c1coc(CN2CCN(Cc3ccc([N+](=O)[O-])cc3)CC2)n1. The number of aromatic nitrogens is 1. The lowest BCUT2D eigenvalue weighted by atomic mass is 10.2. The maximum atomic E-state index is 12.1. The molecule has 2 heterocycles.